The van der Waals surface area contributed by atoms with Gasteiger partial charge in [-0.25, -0.2) is 0 Å². The molecule has 0 fully saturated rings. The molecule has 2 aromatic carbocycles. The van der Waals surface area contributed by atoms with Crippen LogP contribution < -0.4 is 10.1 Å². The van der Waals surface area contributed by atoms with Crippen molar-refractivity contribution >= 4 is 5.69 Å². The van der Waals surface area contributed by atoms with Crippen molar-refractivity contribution in [1.29, 1.82) is 0 Å². The molecule has 20 heavy (non-hydrogen) atoms. The lowest BCUT2D eigenvalue weighted by atomic mass is 10.1. The zero-order valence-corrected chi connectivity index (χ0v) is 10.7. The largest absolute Gasteiger partial charge is 0.434 e. The van der Waals surface area contributed by atoms with E-state index < -0.39 is 6.61 Å². The molecule has 0 aliphatic rings. The molecule has 0 amide bonds. The van der Waals surface area contributed by atoms with Gasteiger partial charge in [0.1, 0.15) is 5.75 Å². The summed E-state index contributed by atoms with van der Waals surface area (Å²) in [5.74, 6) is 0.160. The molecule has 0 aromatic heterocycles. The lowest BCUT2D eigenvalue weighted by Gasteiger charge is -2.12. The Kier molecular flexibility index (Phi) is 4.90. The number of halogens is 2. The SMILES string of the molecule is OCc1cccc(NCc2ccccc2OC(F)F)c1. The number of rotatable bonds is 6. The van der Waals surface area contributed by atoms with E-state index >= 15 is 0 Å². The van der Waals surface area contributed by atoms with Gasteiger partial charge >= 0.3 is 6.61 Å². The molecule has 3 nitrogen and oxygen atoms in total. The molecular formula is C15H15F2NO2. The predicted molar refractivity (Wildman–Crippen MR) is 72.8 cm³/mol. The van der Waals surface area contributed by atoms with Crippen LogP contribution in [-0.2, 0) is 13.2 Å². The first kappa shape index (κ1) is 14.3. The van der Waals surface area contributed by atoms with Crippen LogP contribution in [0.3, 0.4) is 0 Å². The first-order valence-electron chi connectivity index (χ1n) is 6.15. The fourth-order valence-electron chi connectivity index (χ4n) is 1.84. The van der Waals surface area contributed by atoms with E-state index in [2.05, 4.69) is 10.1 Å². The Hall–Kier alpha value is -2.14. The number of aliphatic hydroxyl groups excluding tert-OH is 1. The number of hydrogen-bond acceptors (Lipinski definition) is 3. The van der Waals surface area contributed by atoms with Gasteiger partial charge in [0.15, 0.2) is 0 Å². The molecule has 106 valence electrons. The van der Waals surface area contributed by atoms with Crippen LogP contribution in [0.25, 0.3) is 0 Å². The first-order chi connectivity index (χ1) is 9.69. The molecule has 2 rings (SSSR count). The Labute approximate surface area is 115 Å². The summed E-state index contributed by atoms with van der Waals surface area (Å²) in [5.41, 5.74) is 2.23. The van der Waals surface area contributed by atoms with Crippen molar-refractivity contribution in [1.82, 2.24) is 0 Å². The van der Waals surface area contributed by atoms with Crippen molar-refractivity contribution in [3.63, 3.8) is 0 Å². The standard InChI is InChI=1S/C15H15F2NO2/c16-15(17)20-14-7-2-1-5-12(14)9-18-13-6-3-4-11(8-13)10-19/h1-8,15,18-19H,9-10H2. The van der Waals surface area contributed by atoms with Crippen LogP contribution in [0.15, 0.2) is 48.5 Å². The average Bonchev–Trinajstić information content (AvgIpc) is 2.46. The van der Waals surface area contributed by atoms with Crippen LogP contribution in [0.5, 0.6) is 5.75 Å². The molecule has 0 radical (unpaired) electrons. The van der Waals surface area contributed by atoms with E-state index in [-0.39, 0.29) is 12.4 Å². The Morgan fingerprint density at radius 1 is 1.10 bits per heavy atom. The van der Waals surface area contributed by atoms with Gasteiger partial charge in [0.05, 0.1) is 6.61 Å². The molecule has 5 heteroatoms. The van der Waals surface area contributed by atoms with E-state index in [1.807, 2.05) is 12.1 Å². The number of para-hydroxylation sites is 1. The third-order valence-electron chi connectivity index (χ3n) is 2.78. The van der Waals surface area contributed by atoms with E-state index in [0.717, 1.165) is 11.3 Å². The van der Waals surface area contributed by atoms with E-state index in [9.17, 15) is 8.78 Å². The molecule has 0 unspecified atom stereocenters. The highest BCUT2D eigenvalue weighted by molar-refractivity contribution is 5.47. The number of anilines is 1. The van der Waals surface area contributed by atoms with Gasteiger partial charge in [-0.15, -0.1) is 0 Å². The summed E-state index contributed by atoms with van der Waals surface area (Å²) in [6.07, 6.45) is 0. The molecule has 0 heterocycles. The van der Waals surface area contributed by atoms with Gasteiger partial charge in [-0.3, -0.25) is 0 Å². The first-order valence-corrected chi connectivity index (χ1v) is 6.15. The third-order valence-corrected chi connectivity index (χ3v) is 2.78. The highest BCUT2D eigenvalue weighted by Crippen LogP contribution is 2.21. The van der Waals surface area contributed by atoms with Gasteiger partial charge in [0.25, 0.3) is 0 Å². The summed E-state index contributed by atoms with van der Waals surface area (Å²) in [6.45, 7) is -2.52. The van der Waals surface area contributed by atoms with Crippen molar-refractivity contribution in [3.8, 4) is 5.75 Å². The molecule has 0 spiro atoms. The minimum absolute atomic E-state index is 0.0411. The van der Waals surface area contributed by atoms with E-state index in [4.69, 9.17) is 5.11 Å². The van der Waals surface area contributed by atoms with Crippen molar-refractivity contribution < 1.29 is 18.6 Å². The number of aliphatic hydroxyl groups is 1. The highest BCUT2D eigenvalue weighted by atomic mass is 19.3. The molecule has 0 bridgehead atoms. The van der Waals surface area contributed by atoms with Gasteiger partial charge in [-0.2, -0.15) is 8.78 Å². The minimum atomic E-state index is -2.84. The predicted octanol–water partition coefficient (Wildman–Crippen LogP) is 3.39. The van der Waals surface area contributed by atoms with Crippen LogP contribution in [0.1, 0.15) is 11.1 Å². The summed E-state index contributed by atoms with van der Waals surface area (Å²) >= 11 is 0. The van der Waals surface area contributed by atoms with Gasteiger partial charge in [0, 0.05) is 17.8 Å². The molecular weight excluding hydrogens is 264 g/mol. The normalized spacial score (nSPS) is 10.6. The summed E-state index contributed by atoms with van der Waals surface area (Å²) in [7, 11) is 0. The van der Waals surface area contributed by atoms with Gasteiger partial charge < -0.3 is 15.2 Å². The number of alkyl halides is 2. The van der Waals surface area contributed by atoms with E-state index in [1.165, 1.54) is 6.07 Å². The Balaban J connectivity index is 2.06. The highest BCUT2D eigenvalue weighted by Gasteiger charge is 2.08. The van der Waals surface area contributed by atoms with Crippen LogP contribution in [0.2, 0.25) is 0 Å². The van der Waals surface area contributed by atoms with Crippen LogP contribution in [0.4, 0.5) is 14.5 Å². The average molecular weight is 279 g/mol. The Morgan fingerprint density at radius 3 is 2.65 bits per heavy atom. The summed E-state index contributed by atoms with van der Waals surface area (Å²) in [5, 5.41) is 12.2. The van der Waals surface area contributed by atoms with E-state index in [0.29, 0.717) is 12.1 Å². The zero-order valence-electron chi connectivity index (χ0n) is 10.7. The smallest absolute Gasteiger partial charge is 0.387 e. The Morgan fingerprint density at radius 2 is 1.90 bits per heavy atom. The third kappa shape index (κ3) is 3.93. The number of hydrogen-bond donors (Lipinski definition) is 2. The topological polar surface area (TPSA) is 41.5 Å². The van der Waals surface area contributed by atoms with Crippen molar-refractivity contribution in [2.24, 2.45) is 0 Å². The quantitative estimate of drug-likeness (QED) is 0.851. The minimum Gasteiger partial charge on any atom is -0.434 e. The van der Waals surface area contributed by atoms with Gasteiger partial charge in [-0.05, 0) is 23.8 Å². The fourth-order valence-corrected chi connectivity index (χ4v) is 1.84. The maximum absolute atomic E-state index is 12.3. The molecule has 2 aromatic rings. The summed E-state index contributed by atoms with van der Waals surface area (Å²) < 4.78 is 29.0. The summed E-state index contributed by atoms with van der Waals surface area (Å²) in [6, 6.07) is 13.9. The second-order valence-corrected chi connectivity index (χ2v) is 4.20. The second kappa shape index (κ2) is 6.86. The van der Waals surface area contributed by atoms with E-state index in [1.54, 1.807) is 30.3 Å². The second-order valence-electron chi connectivity index (χ2n) is 4.20. The lowest BCUT2D eigenvalue weighted by molar-refractivity contribution is -0.0504. The molecule has 0 aliphatic carbocycles. The number of benzene rings is 2. The van der Waals surface area contributed by atoms with Crippen molar-refractivity contribution in [2.75, 3.05) is 5.32 Å². The van der Waals surface area contributed by atoms with Crippen molar-refractivity contribution in [3.05, 3.63) is 59.7 Å². The van der Waals surface area contributed by atoms with Crippen LogP contribution in [-0.4, -0.2) is 11.7 Å². The number of ether oxygens (including phenoxy) is 1. The fraction of sp³-hybridized carbons (Fsp3) is 0.200. The van der Waals surface area contributed by atoms with Gasteiger partial charge in [0.2, 0.25) is 0 Å². The molecule has 2 N–H and O–H groups in total. The maximum atomic E-state index is 12.3. The lowest BCUT2D eigenvalue weighted by Crippen LogP contribution is -2.07. The van der Waals surface area contributed by atoms with Crippen molar-refractivity contribution in [2.45, 2.75) is 19.8 Å². The zero-order chi connectivity index (χ0) is 14.4. The molecule has 0 saturated carbocycles. The Bertz CT molecular complexity index is 561. The maximum Gasteiger partial charge on any atom is 0.387 e. The molecule has 0 saturated heterocycles. The molecule has 0 atom stereocenters. The van der Waals surface area contributed by atoms with Crippen LogP contribution in [0, 0.1) is 0 Å². The monoisotopic (exact) mass is 279 g/mol. The van der Waals surface area contributed by atoms with Gasteiger partial charge in [-0.1, -0.05) is 30.3 Å². The number of nitrogens with one attached hydrogen (secondary N) is 1. The van der Waals surface area contributed by atoms with Crippen LogP contribution >= 0.6 is 0 Å². The summed E-state index contributed by atoms with van der Waals surface area (Å²) in [4.78, 5) is 0. The molecule has 0 aliphatic heterocycles.